The van der Waals surface area contributed by atoms with E-state index in [1.165, 1.54) is 24.3 Å². The van der Waals surface area contributed by atoms with Crippen LogP contribution in [0, 0.1) is 0 Å². The fourth-order valence-corrected chi connectivity index (χ4v) is 2.91. The summed E-state index contributed by atoms with van der Waals surface area (Å²) in [4.78, 5) is 49.6. The lowest BCUT2D eigenvalue weighted by Crippen LogP contribution is -2.29. The Hall–Kier alpha value is -3.45. The number of carbonyl (C=O) groups excluding carboxylic acids is 4. The molecule has 0 aliphatic carbocycles. The lowest BCUT2D eigenvalue weighted by Gasteiger charge is -2.09. The Morgan fingerprint density at radius 2 is 1.76 bits per heavy atom. The van der Waals surface area contributed by atoms with Crippen LogP contribution in [0.1, 0.15) is 36.6 Å². The van der Waals surface area contributed by atoms with Crippen molar-refractivity contribution in [2.24, 2.45) is 0 Å². The highest BCUT2D eigenvalue weighted by Crippen LogP contribution is 2.24. The van der Waals surface area contributed by atoms with Crippen LogP contribution in [0.4, 0.5) is 0 Å². The Balaban J connectivity index is 1.57. The van der Waals surface area contributed by atoms with Crippen LogP contribution in [0.25, 0.3) is 0 Å². The highest BCUT2D eigenvalue weighted by atomic mass is 35.5. The first-order valence-corrected chi connectivity index (χ1v) is 9.08. The largest absolute Gasteiger partial charge is 0.452 e. The summed E-state index contributed by atoms with van der Waals surface area (Å²) < 4.78 is 5.00. The molecule has 7 nitrogen and oxygen atoms in total. The molecule has 0 bridgehead atoms. The van der Waals surface area contributed by atoms with Gasteiger partial charge < -0.3 is 10.1 Å². The zero-order valence-corrected chi connectivity index (χ0v) is 16.1. The fraction of sp³-hybridized carbons (Fsp3) is 0.143. The van der Waals surface area contributed by atoms with Gasteiger partial charge in [-0.3, -0.25) is 19.3 Å². The van der Waals surface area contributed by atoms with Gasteiger partial charge >= 0.3 is 5.97 Å². The van der Waals surface area contributed by atoms with Crippen molar-refractivity contribution in [2.75, 3.05) is 13.2 Å². The quantitative estimate of drug-likeness (QED) is 0.428. The third-order valence-electron chi connectivity index (χ3n) is 4.26. The van der Waals surface area contributed by atoms with Gasteiger partial charge in [0.2, 0.25) is 0 Å². The number of nitrogens with zero attached hydrogens (tertiary/aromatic N) is 1. The summed E-state index contributed by atoms with van der Waals surface area (Å²) in [6.45, 7) is 3.39. The van der Waals surface area contributed by atoms with Gasteiger partial charge in [0.05, 0.1) is 16.7 Å². The first kappa shape index (κ1) is 20.3. The second kappa shape index (κ2) is 8.70. The zero-order chi connectivity index (χ0) is 21.0. The van der Waals surface area contributed by atoms with E-state index in [-0.39, 0.29) is 29.8 Å². The molecule has 1 aliphatic rings. The van der Waals surface area contributed by atoms with E-state index in [1.807, 2.05) is 0 Å². The second-order valence-electron chi connectivity index (χ2n) is 6.25. The van der Waals surface area contributed by atoms with Crippen LogP contribution in [0.5, 0.6) is 0 Å². The summed E-state index contributed by atoms with van der Waals surface area (Å²) in [6, 6.07) is 11.0. The van der Waals surface area contributed by atoms with Gasteiger partial charge in [0.1, 0.15) is 0 Å². The van der Waals surface area contributed by atoms with Gasteiger partial charge in [-0.2, -0.15) is 0 Å². The average molecular weight is 413 g/mol. The van der Waals surface area contributed by atoms with Crippen molar-refractivity contribution in [1.29, 1.82) is 0 Å². The van der Waals surface area contributed by atoms with Gasteiger partial charge in [-0.25, -0.2) is 4.79 Å². The zero-order valence-electron chi connectivity index (χ0n) is 15.3. The molecule has 0 saturated carbocycles. The molecule has 0 radical (unpaired) electrons. The molecule has 3 amide bonds. The molecule has 2 aromatic rings. The molecule has 0 aromatic heterocycles. The molecule has 1 aliphatic heterocycles. The van der Waals surface area contributed by atoms with Crippen molar-refractivity contribution in [1.82, 2.24) is 10.2 Å². The van der Waals surface area contributed by atoms with E-state index in [1.54, 1.807) is 24.3 Å². The monoisotopic (exact) mass is 412 g/mol. The van der Waals surface area contributed by atoms with Crippen LogP contribution in [-0.2, 0) is 16.1 Å². The number of benzene rings is 2. The topological polar surface area (TPSA) is 92.8 Å². The van der Waals surface area contributed by atoms with E-state index in [9.17, 15) is 19.2 Å². The predicted octanol–water partition coefficient (Wildman–Crippen LogP) is 2.60. The number of ether oxygens (including phenoxy) is 1. The molecule has 0 spiro atoms. The van der Waals surface area contributed by atoms with Crippen molar-refractivity contribution < 1.29 is 23.9 Å². The van der Waals surface area contributed by atoms with Gasteiger partial charge in [-0.15, -0.1) is 6.58 Å². The maximum atomic E-state index is 12.3. The van der Waals surface area contributed by atoms with Crippen molar-refractivity contribution in [3.05, 3.63) is 82.4 Å². The minimum absolute atomic E-state index is 0.0795. The molecule has 2 aromatic carbocycles. The van der Waals surface area contributed by atoms with Crippen LogP contribution >= 0.6 is 11.6 Å². The first-order chi connectivity index (χ1) is 13.9. The average Bonchev–Trinajstić information content (AvgIpc) is 2.96. The van der Waals surface area contributed by atoms with Crippen molar-refractivity contribution in [2.45, 2.75) is 6.54 Å². The SMILES string of the molecule is C=CCN1C(=O)c2ccc(C(=O)OCC(=O)NCc3ccc(Cl)cc3)cc2C1=O. The van der Waals surface area contributed by atoms with Crippen molar-refractivity contribution >= 4 is 35.3 Å². The third kappa shape index (κ3) is 4.52. The molecule has 0 atom stereocenters. The Kier molecular flexibility index (Phi) is 6.09. The Morgan fingerprint density at radius 1 is 1.07 bits per heavy atom. The van der Waals surface area contributed by atoms with Crippen LogP contribution < -0.4 is 5.32 Å². The number of imide groups is 1. The first-order valence-electron chi connectivity index (χ1n) is 8.70. The maximum Gasteiger partial charge on any atom is 0.338 e. The lowest BCUT2D eigenvalue weighted by atomic mass is 10.1. The molecule has 0 unspecified atom stereocenters. The summed E-state index contributed by atoms with van der Waals surface area (Å²) in [7, 11) is 0. The third-order valence-corrected chi connectivity index (χ3v) is 4.51. The molecule has 8 heteroatoms. The Morgan fingerprint density at radius 3 is 2.45 bits per heavy atom. The fourth-order valence-electron chi connectivity index (χ4n) is 2.78. The van der Waals surface area contributed by atoms with E-state index in [0.717, 1.165) is 10.5 Å². The molecule has 3 rings (SSSR count). The Bertz CT molecular complexity index is 1000. The number of fused-ring (bicyclic) bond motifs is 1. The maximum absolute atomic E-state index is 12.3. The summed E-state index contributed by atoms with van der Waals surface area (Å²) in [5.41, 5.74) is 1.27. The number of nitrogens with one attached hydrogen (secondary N) is 1. The number of halogens is 1. The molecule has 29 heavy (non-hydrogen) atoms. The van der Waals surface area contributed by atoms with Gasteiger partial charge in [0, 0.05) is 18.1 Å². The van der Waals surface area contributed by atoms with E-state index in [4.69, 9.17) is 16.3 Å². The van der Waals surface area contributed by atoms with E-state index >= 15 is 0 Å². The summed E-state index contributed by atoms with van der Waals surface area (Å²) >= 11 is 5.80. The molecule has 148 valence electrons. The lowest BCUT2D eigenvalue weighted by molar-refractivity contribution is -0.124. The van der Waals surface area contributed by atoms with Crippen molar-refractivity contribution in [3.8, 4) is 0 Å². The number of rotatable bonds is 7. The molecular weight excluding hydrogens is 396 g/mol. The molecule has 1 heterocycles. The normalized spacial score (nSPS) is 12.5. The summed E-state index contributed by atoms with van der Waals surface area (Å²) in [5.74, 6) is -2.18. The number of hydrogen-bond acceptors (Lipinski definition) is 5. The predicted molar refractivity (Wildman–Crippen MR) is 106 cm³/mol. The van der Waals surface area contributed by atoms with E-state index in [0.29, 0.717) is 5.02 Å². The molecule has 0 saturated heterocycles. The van der Waals surface area contributed by atoms with Gasteiger partial charge in [0.25, 0.3) is 17.7 Å². The number of carbonyl (C=O) groups is 4. The minimum Gasteiger partial charge on any atom is -0.452 e. The minimum atomic E-state index is -0.767. The van der Waals surface area contributed by atoms with Crippen molar-refractivity contribution in [3.63, 3.8) is 0 Å². The van der Waals surface area contributed by atoms with Gasteiger partial charge in [-0.05, 0) is 35.9 Å². The van der Waals surface area contributed by atoms with Crippen LogP contribution in [0.3, 0.4) is 0 Å². The standard InChI is InChI=1S/C21H17ClN2O5/c1-2-9-24-19(26)16-8-5-14(10-17(16)20(24)27)21(28)29-12-18(25)23-11-13-3-6-15(22)7-4-13/h2-8,10H,1,9,11-12H2,(H,23,25). The van der Waals surface area contributed by atoms with Crippen LogP contribution in [0.2, 0.25) is 5.02 Å². The number of esters is 1. The van der Waals surface area contributed by atoms with Crippen LogP contribution in [-0.4, -0.2) is 41.7 Å². The summed E-state index contributed by atoms with van der Waals surface area (Å²) in [6.07, 6.45) is 1.44. The van der Waals surface area contributed by atoms with E-state index < -0.39 is 30.3 Å². The van der Waals surface area contributed by atoms with Gasteiger partial charge in [0.15, 0.2) is 6.61 Å². The van der Waals surface area contributed by atoms with Crippen LogP contribution in [0.15, 0.2) is 55.1 Å². The smallest absolute Gasteiger partial charge is 0.338 e. The molecule has 0 fully saturated rings. The molecule has 1 N–H and O–H groups in total. The van der Waals surface area contributed by atoms with E-state index in [2.05, 4.69) is 11.9 Å². The molecular formula is C21H17ClN2O5. The number of amides is 3. The highest BCUT2D eigenvalue weighted by molar-refractivity contribution is 6.30. The second-order valence-corrected chi connectivity index (χ2v) is 6.69. The number of hydrogen-bond donors (Lipinski definition) is 1. The Labute approximate surface area is 171 Å². The highest BCUT2D eigenvalue weighted by Gasteiger charge is 2.35. The van der Waals surface area contributed by atoms with Gasteiger partial charge in [-0.1, -0.05) is 29.8 Å². The summed E-state index contributed by atoms with van der Waals surface area (Å²) in [5, 5.41) is 3.22.